The lowest BCUT2D eigenvalue weighted by atomic mass is 9.96. The first-order valence-corrected chi connectivity index (χ1v) is 7.11. The number of carbonyl (C=O) groups excluding carboxylic acids is 4. The first-order valence-electron chi connectivity index (χ1n) is 7.11. The Kier molecular flexibility index (Phi) is 6.69. The Labute approximate surface area is 138 Å². The summed E-state index contributed by atoms with van der Waals surface area (Å²) in [6.07, 6.45) is -3.42. The molecule has 0 saturated carbocycles. The van der Waals surface area contributed by atoms with Crippen LogP contribution in [0.15, 0.2) is 0 Å². The first-order chi connectivity index (χ1) is 11.1. The molecule has 24 heavy (non-hydrogen) atoms. The summed E-state index contributed by atoms with van der Waals surface area (Å²) in [6, 6.07) is -1.13. The van der Waals surface area contributed by atoms with Gasteiger partial charge in [0.25, 0.3) is 0 Å². The second kappa shape index (κ2) is 8.27. The largest absolute Gasteiger partial charge is 0.468 e. The van der Waals surface area contributed by atoms with Crippen molar-refractivity contribution in [2.45, 2.75) is 52.0 Å². The smallest absolute Gasteiger partial charge is 0.303 e. The fraction of sp³-hybridized carbons (Fsp3) is 0.643. The third-order valence-corrected chi connectivity index (χ3v) is 2.99. The molecule has 0 aromatic carbocycles. The molecule has 4 atom stereocenters. The lowest BCUT2D eigenvalue weighted by Crippen LogP contribution is -2.64. The maximum absolute atomic E-state index is 11.4. The molecule has 1 aliphatic rings. The van der Waals surface area contributed by atoms with Crippen LogP contribution < -0.4 is 5.32 Å². The monoisotopic (exact) mass is 344 g/mol. The highest BCUT2D eigenvalue weighted by Crippen LogP contribution is 2.24. The van der Waals surface area contributed by atoms with Gasteiger partial charge in [0.05, 0.1) is 0 Å². The second-order valence-corrected chi connectivity index (χ2v) is 5.15. The van der Waals surface area contributed by atoms with E-state index in [9.17, 15) is 19.2 Å². The third kappa shape index (κ3) is 5.52. The third-order valence-electron chi connectivity index (χ3n) is 2.99. The van der Waals surface area contributed by atoms with E-state index in [0.29, 0.717) is 0 Å². The minimum Gasteiger partial charge on any atom is -0.468 e. The standard InChI is InChI=1S/C14H20N2O8/c1-6(17)16-11-13(23-9(4)20)12(22-8(3)19)10(24-14(11)15)5-21-7(2)18/h10-13,15H,5H2,1-4H3,(H,16,17)/t10?,11-,12+,13+/m0/s1. The second-order valence-electron chi connectivity index (χ2n) is 5.15. The zero-order valence-electron chi connectivity index (χ0n) is 13.8. The first kappa shape index (κ1) is 19.4. The van der Waals surface area contributed by atoms with E-state index in [-0.39, 0.29) is 6.61 Å². The van der Waals surface area contributed by atoms with Crippen molar-refractivity contribution in [2.24, 2.45) is 0 Å². The summed E-state index contributed by atoms with van der Waals surface area (Å²) >= 11 is 0. The fourth-order valence-corrected chi connectivity index (χ4v) is 2.21. The molecule has 134 valence electrons. The SMILES string of the molecule is CC(=O)N[C@@H]1C(=N)OC(COC(C)=O)[C@@H](OC(C)=O)[C@@H]1OC(C)=O. The number of hydrogen-bond acceptors (Lipinski definition) is 9. The molecule has 1 saturated heterocycles. The van der Waals surface area contributed by atoms with Gasteiger partial charge < -0.3 is 24.3 Å². The molecule has 1 aliphatic heterocycles. The molecule has 1 amide bonds. The highest BCUT2D eigenvalue weighted by Gasteiger charge is 2.49. The van der Waals surface area contributed by atoms with Gasteiger partial charge in [-0.25, -0.2) is 0 Å². The number of ether oxygens (including phenoxy) is 4. The van der Waals surface area contributed by atoms with Crippen molar-refractivity contribution in [2.75, 3.05) is 6.61 Å². The van der Waals surface area contributed by atoms with Crippen molar-refractivity contribution in [3.63, 3.8) is 0 Å². The number of esters is 3. The molecule has 0 bridgehead atoms. The summed E-state index contributed by atoms with van der Waals surface area (Å²) in [5, 5.41) is 10.3. The van der Waals surface area contributed by atoms with Gasteiger partial charge >= 0.3 is 17.9 Å². The van der Waals surface area contributed by atoms with Gasteiger partial charge in [-0.1, -0.05) is 0 Å². The molecule has 0 radical (unpaired) electrons. The molecule has 0 aromatic rings. The Morgan fingerprint density at radius 3 is 2.00 bits per heavy atom. The summed E-state index contributed by atoms with van der Waals surface area (Å²) in [5.41, 5.74) is 0. The summed E-state index contributed by atoms with van der Waals surface area (Å²) in [6.45, 7) is 4.35. The predicted molar refractivity (Wildman–Crippen MR) is 77.9 cm³/mol. The van der Waals surface area contributed by atoms with Crippen LogP contribution in [0.2, 0.25) is 0 Å². The number of rotatable bonds is 5. The van der Waals surface area contributed by atoms with Gasteiger partial charge in [0, 0.05) is 27.7 Å². The Hall–Kier alpha value is -2.65. The van der Waals surface area contributed by atoms with Crippen LogP contribution in [0.25, 0.3) is 0 Å². The Bertz CT molecular complexity index is 547. The molecule has 1 unspecified atom stereocenters. The highest BCUT2D eigenvalue weighted by atomic mass is 16.6. The minimum absolute atomic E-state index is 0.319. The van der Waals surface area contributed by atoms with Crippen LogP contribution in [0.4, 0.5) is 0 Å². The van der Waals surface area contributed by atoms with Gasteiger partial charge in [0.1, 0.15) is 12.6 Å². The minimum atomic E-state index is -1.20. The van der Waals surface area contributed by atoms with Crippen LogP contribution in [0.1, 0.15) is 27.7 Å². The lowest BCUT2D eigenvalue weighted by Gasteiger charge is -2.41. The average molecular weight is 344 g/mol. The van der Waals surface area contributed by atoms with Crippen molar-refractivity contribution in [3.8, 4) is 0 Å². The average Bonchev–Trinajstić information content (AvgIpc) is 2.42. The van der Waals surface area contributed by atoms with Crippen molar-refractivity contribution >= 4 is 29.7 Å². The molecule has 10 heteroatoms. The maximum atomic E-state index is 11.4. The van der Waals surface area contributed by atoms with Gasteiger partial charge in [-0.3, -0.25) is 24.6 Å². The number of carbonyl (C=O) groups is 4. The van der Waals surface area contributed by atoms with Crippen LogP contribution >= 0.6 is 0 Å². The van der Waals surface area contributed by atoms with Gasteiger partial charge in [-0.05, 0) is 0 Å². The number of hydrogen-bond donors (Lipinski definition) is 2. The van der Waals surface area contributed by atoms with E-state index in [4.69, 9.17) is 24.4 Å². The molecule has 2 N–H and O–H groups in total. The van der Waals surface area contributed by atoms with Crippen LogP contribution in [-0.4, -0.2) is 60.7 Å². The van der Waals surface area contributed by atoms with E-state index in [2.05, 4.69) is 5.32 Å². The summed E-state index contributed by atoms with van der Waals surface area (Å²) in [7, 11) is 0. The van der Waals surface area contributed by atoms with Gasteiger partial charge in [0.2, 0.25) is 11.8 Å². The zero-order chi connectivity index (χ0) is 18.4. The molecule has 1 heterocycles. The Morgan fingerprint density at radius 2 is 1.54 bits per heavy atom. The lowest BCUT2D eigenvalue weighted by molar-refractivity contribution is -0.186. The summed E-state index contributed by atoms with van der Waals surface area (Å²) in [5.74, 6) is -2.89. The van der Waals surface area contributed by atoms with Crippen molar-refractivity contribution < 1.29 is 38.1 Å². The van der Waals surface area contributed by atoms with Gasteiger partial charge in [-0.2, -0.15) is 0 Å². The normalized spacial score (nSPS) is 25.9. The van der Waals surface area contributed by atoms with E-state index >= 15 is 0 Å². The summed E-state index contributed by atoms with van der Waals surface area (Å²) in [4.78, 5) is 45.1. The van der Waals surface area contributed by atoms with Gasteiger partial charge in [-0.15, -0.1) is 0 Å². The van der Waals surface area contributed by atoms with E-state index < -0.39 is 54.1 Å². The van der Waals surface area contributed by atoms with E-state index in [1.807, 2.05) is 0 Å². The molecule has 1 fully saturated rings. The molecular formula is C14H20N2O8. The number of nitrogens with one attached hydrogen (secondary N) is 2. The van der Waals surface area contributed by atoms with Crippen LogP contribution in [-0.2, 0) is 38.1 Å². The molecule has 0 aliphatic carbocycles. The van der Waals surface area contributed by atoms with E-state index in [1.54, 1.807) is 0 Å². The van der Waals surface area contributed by atoms with E-state index in [0.717, 1.165) is 13.8 Å². The molecule has 1 rings (SSSR count). The molecular weight excluding hydrogens is 324 g/mol. The Morgan fingerprint density at radius 1 is 1.00 bits per heavy atom. The summed E-state index contributed by atoms with van der Waals surface area (Å²) < 4.78 is 20.4. The number of amides is 1. The maximum Gasteiger partial charge on any atom is 0.303 e. The van der Waals surface area contributed by atoms with Crippen LogP contribution in [0.3, 0.4) is 0 Å². The predicted octanol–water partition coefficient (Wildman–Crippen LogP) is -0.706. The van der Waals surface area contributed by atoms with Crippen molar-refractivity contribution in [1.29, 1.82) is 5.41 Å². The van der Waals surface area contributed by atoms with Gasteiger partial charge in [0.15, 0.2) is 18.3 Å². The Balaban J connectivity index is 3.13. The molecule has 0 aromatic heterocycles. The topological polar surface area (TPSA) is 141 Å². The van der Waals surface area contributed by atoms with Crippen molar-refractivity contribution in [3.05, 3.63) is 0 Å². The van der Waals surface area contributed by atoms with Crippen LogP contribution in [0.5, 0.6) is 0 Å². The fourth-order valence-electron chi connectivity index (χ4n) is 2.21. The zero-order valence-corrected chi connectivity index (χ0v) is 13.8. The molecule has 0 spiro atoms. The highest BCUT2D eigenvalue weighted by molar-refractivity contribution is 5.87. The van der Waals surface area contributed by atoms with E-state index in [1.165, 1.54) is 13.8 Å². The quantitative estimate of drug-likeness (QED) is 0.492. The molecule has 10 nitrogen and oxygen atoms in total. The van der Waals surface area contributed by atoms with Crippen LogP contribution in [0, 0.1) is 5.41 Å². The van der Waals surface area contributed by atoms with Crippen molar-refractivity contribution in [1.82, 2.24) is 5.32 Å².